The maximum Gasteiger partial charge on any atom is 0.340 e. The number of hydrogen-bond acceptors (Lipinski definition) is 5. The van der Waals surface area contributed by atoms with E-state index in [0.717, 1.165) is 0 Å². The third-order valence-corrected chi connectivity index (χ3v) is 2.43. The number of hydrogen-bond donors (Lipinski definition) is 4. The van der Waals surface area contributed by atoms with Gasteiger partial charge in [0.05, 0.1) is 5.56 Å². The van der Waals surface area contributed by atoms with Crippen molar-refractivity contribution < 1.29 is 30.0 Å². The van der Waals surface area contributed by atoms with Gasteiger partial charge in [0, 0.05) is 5.88 Å². The molecule has 7 nitrogen and oxygen atoms in total. The van der Waals surface area contributed by atoms with Gasteiger partial charge in [0.2, 0.25) is 11.2 Å². The van der Waals surface area contributed by atoms with Gasteiger partial charge in [-0.15, -0.1) is 11.6 Å². The predicted octanol–water partition coefficient (Wildman–Crippen LogP) is 0.593. The molecule has 0 unspecified atom stereocenters. The molecule has 0 saturated heterocycles. The Labute approximate surface area is 105 Å². The van der Waals surface area contributed by atoms with E-state index in [4.69, 9.17) is 21.8 Å². The van der Waals surface area contributed by atoms with E-state index in [1.807, 2.05) is 0 Å². The summed E-state index contributed by atoms with van der Waals surface area (Å²) in [6.45, 7) is 0. The van der Waals surface area contributed by atoms with E-state index in [9.17, 15) is 24.6 Å². The van der Waals surface area contributed by atoms with Gasteiger partial charge in [0.25, 0.3) is 0 Å². The minimum absolute atomic E-state index is 0.317. The SMILES string of the molecule is O=C(O)c1c(CCl)cc(=O)c(O)c(O)c1C(=O)O. The van der Waals surface area contributed by atoms with Gasteiger partial charge in [-0.2, -0.15) is 0 Å². The van der Waals surface area contributed by atoms with Crippen LogP contribution in [0.3, 0.4) is 0 Å². The molecule has 18 heavy (non-hydrogen) atoms. The smallest absolute Gasteiger partial charge is 0.340 e. The quantitative estimate of drug-likeness (QED) is 0.593. The number of carbonyl (C=O) groups is 2. The molecule has 0 heterocycles. The third kappa shape index (κ3) is 2.21. The van der Waals surface area contributed by atoms with Crippen LogP contribution in [0.2, 0.25) is 0 Å². The summed E-state index contributed by atoms with van der Waals surface area (Å²) >= 11 is 5.43. The summed E-state index contributed by atoms with van der Waals surface area (Å²) in [6, 6.07) is 0.665. The van der Waals surface area contributed by atoms with Gasteiger partial charge >= 0.3 is 11.9 Å². The normalized spacial score (nSPS) is 10.1. The largest absolute Gasteiger partial charge is 0.504 e. The second-order valence-corrected chi connectivity index (χ2v) is 3.49. The van der Waals surface area contributed by atoms with Gasteiger partial charge in [-0.1, -0.05) is 0 Å². The van der Waals surface area contributed by atoms with E-state index in [1.54, 1.807) is 0 Å². The molecule has 1 aromatic carbocycles. The molecule has 8 heteroatoms. The summed E-state index contributed by atoms with van der Waals surface area (Å²) in [6.07, 6.45) is 0. The lowest BCUT2D eigenvalue weighted by atomic mass is 10.1. The van der Waals surface area contributed by atoms with Crippen molar-refractivity contribution in [1.82, 2.24) is 0 Å². The number of aromatic hydroxyl groups is 2. The summed E-state index contributed by atoms with van der Waals surface area (Å²) in [5, 5.41) is 36.5. The zero-order valence-corrected chi connectivity index (χ0v) is 9.43. The first-order chi connectivity index (χ1) is 8.31. The standard InChI is InChI=1S/C10H7ClO7/c11-2-3-1-4(12)7(13)8(14)6(10(17)18)5(3)9(15)16/h1H,2H2,(H,15,16)(H,17,18)(H2,12,13,14). The highest BCUT2D eigenvalue weighted by Gasteiger charge is 2.26. The minimum atomic E-state index is -1.80. The molecule has 0 bridgehead atoms. The first kappa shape index (κ1) is 13.8. The Morgan fingerprint density at radius 3 is 1.94 bits per heavy atom. The van der Waals surface area contributed by atoms with Crippen LogP contribution in [0.5, 0.6) is 11.5 Å². The monoisotopic (exact) mass is 274 g/mol. The molecule has 96 valence electrons. The average molecular weight is 275 g/mol. The highest BCUT2D eigenvalue weighted by Crippen LogP contribution is 2.29. The Morgan fingerprint density at radius 1 is 1.06 bits per heavy atom. The summed E-state index contributed by atoms with van der Waals surface area (Å²) in [7, 11) is 0. The van der Waals surface area contributed by atoms with Gasteiger partial charge < -0.3 is 20.4 Å². The number of carboxylic acids is 2. The van der Waals surface area contributed by atoms with Crippen LogP contribution < -0.4 is 5.43 Å². The number of halogens is 1. The fourth-order valence-corrected chi connectivity index (χ4v) is 1.58. The molecule has 0 amide bonds. The second-order valence-electron chi connectivity index (χ2n) is 3.22. The van der Waals surface area contributed by atoms with Gasteiger partial charge in [0.1, 0.15) is 5.56 Å². The van der Waals surface area contributed by atoms with Gasteiger partial charge in [0.15, 0.2) is 5.75 Å². The molecule has 0 aliphatic carbocycles. The summed E-state index contributed by atoms with van der Waals surface area (Å²) < 4.78 is 0. The summed E-state index contributed by atoms with van der Waals surface area (Å²) in [4.78, 5) is 33.3. The van der Waals surface area contributed by atoms with E-state index in [0.29, 0.717) is 6.07 Å². The topological polar surface area (TPSA) is 132 Å². The van der Waals surface area contributed by atoms with E-state index >= 15 is 0 Å². The molecule has 0 saturated carbocycles. The first-order valence-electron chi connectivity index (χ1n) is 4.45. The molecule has 0 aliphatic rings. The average Bonchev–Trinajstić information content (AvgIpc) is 2.38. The van der Waals surface area contributed by atoms with Crippen LogP contribution in [0, 0.1) is 0 Å². The fraction of sp³-hybridized carbons (Fsp3) is 0.100. The van der Waals surface area contributed by atoms with Crippen LogP contribution in [0.1, 0.15) is 26.3 Å². The summed E-state index contributed by atoms with van der Waals surface area (Å²) in [5.41, 5.74) is -3.37. The number of carboxylic acid groups (broad SMARTS) is 2. The highest BCUT2D eigenvalue weighted by atomic mass is 35.5. The van der Waals surface area contributed by atoms with Crippen molar-refractivity contribution in [1.29, 1.82) is 0 Å². The van der Waals surface area contributed by atoms with Crippen molar-refractivity contribution in [3.05, 3.63) is 33.0 Å². The van der Waals surface area contributed by atoms with Crippen LogP contribution in [0.15, 0.2) is 10.9 Å². The molecule has 0 aliphatic heterocycles. The highest BCUT2D eigenvalue weighted by molar-refractivity contribution is 6.18. The van der Waals surface area contributed by atoms with Crippen molar-refractivity contribution >= 4 is 23.5 Å². The van der Waals surface area contributed by atoms with E-state index < -0.39 is 45.9 Å². The number of alkyl halides is 1. The predicted molar refractivity (Wildman–Crippen MR) is 59.5 cm³/mol. The fourth-order valence-electron chi connectivity index (χ4n) is 1.37. The lowest BCUT2D eigenvalue weighted by Gasteiger charge is -2.03. The summed E-state index contributed by atoms with van der Waals surface area (Å²) in [5.74, 6) is -6.51. The number of aromatic carboxylic acids is 2. The van der Waals surface area contributed by atoms with Gasteiger partial charge in [-0.3, -0.25) is 4.79 Å². The lowest BCUT2D eigenvalue weighted by molar-refractivity contribution is 0.0648. The van der Waals surface area contributed by atoms with Crippen molar-refractivity contribution in [3.63, 3.8) is 0 Å². The van der Waals surface area contributed by atoms with Gasteiger partial charge in [-0.25, -0.2) is 9.59 Å². The maximum absolute atomic E-state index is 11.3. The minimum Gasteiger partial charge on any atom is -0.504 e. The lowest BCUT2D eigenvalue weighted by Crippen LogP contribution is -2.09. The Bertz CT molecular complexity index is 594. The second kappa shape index (κ2) is 4.92. The molecular weight excluding hydrogens is 268 g/mol. The zero-order chi connectivity index (χ0) is 14.0. The van der Waals surface area contributed by atoms with Gasteiger partial charge in [-0.05, 0) is 11.6 Å². The van der Waals surface area contributed by atoms with Crippen LogP contribution in [-0.4, -0.2) is 32.4 Å². The molecule has 0 spiro atoms. The van der Waals surface area contributed by atoms with Crippen LogP contribution >= 0.6 is 11.6 Å². The first-order valence-corrected chi connectivity index (χ1v) is 4.99. The Balaban J connectivity index is 4.05. The molecule has 0 radical (unpaired) electrons. The Kier molecular flexibility index (Phi) is 3.77. The molecule has 0 aromatic heterocycles. The maximum atomic E-state index is 11.3. The van der Waals surface area contributed by atoms with E-state index in [1.165, 1.54) is 0 Å². The van der Waals surface area contributed by atoms with E-state index in [-0.39, 0.29) is 5.56 Å². The van der Waals surface area contributed by atoms with Crippen molar-refractivity contribution in [3.8, 4) is 11.5 Å². The molecular formula is C10H7ClO7. The Hall–Kier alpha value is -2.28. The molecule has 0 fully saturated rings. The van der Waals surface area contributed by atoms with Crippen LogP contribution in [0.25, 0.3) is 0 Å². The van der Waals surface area contributed by atoms with Crippen LogP contribution in [-0.2, 0) is 5.88 Å². The molecule has 1 rings (SSSR count). The third-order valence-electron chi connectivity index (χ3n) is 2.14. The van der Waals surface area contributed by atoms with Crippen LogP contribution in [0.4, 0.5) is 0 Å². The van der Waals surface area contributed by atoms with Crippen molar-refractivity contribution in [2.75, 3.05) is 0 Å². The molecule has 4 N–H and O–H groups in total. The molecule has 1 aromatic rings. The zero-order valence-electron chi connectivity index (χ0n) is 8.68. The van der Waals surface area contributed by atoms with Crippen molar-refractivity contribution in [2.45, 2.75) is 5.88 Å². The van der Waals surface area contributed by atoms with E-state index in [2.05, 4.69) is 0 Å². The molecule has 0 atom stereocenters. The number of rotatable bonds is 3. The van der Waals surface area contributed by atoms with Crippen molar-refractivity contribution in [2.24, 2.45) is 0 Å². The Morgan fingerprint density at radius 2 is 1.56 bits per heavy atom.